The molecule has 0 aromatic rings. The molecule has 0 aliphatic carbocycles. The number of carbonyl (C=O) groups excluding carboxylic acids is 2. The number of hydrogen-bond acceptors (Lipinski definition) is 2. The van der Waals surface area contributed by atoms with Gasteiger partial charge in [-0.1, -0.05) is 12.5 Å². The summed E-state index contributed by atoms with van der Waals surface area (Å²) in [6, 6.07) is -0.185. The van der Waals surface area contributed by atoms with Gasteiger partial charge in [0, 0.05) is 32.3 Å². The smallest absolute Gasteiger partial charge is 0.318 e. The predicted molar refractivity (Wildman–Crippen MR) is 71.0 cm³/mol. The minimum absolute atomic E-state index is 0.185. The zero-order valence-electron chi connectivity index (χ0n) is 11.3. The number of amides is 3. The molecule has 0 spiro atoms. The molecule has 0 radical (unpaired) electrons. The lowest BCUT2D eigenvalue weighted by molar-refractivity contribution is -0.127. The summed E-state index contributed by atoms with van der Waals surface area (Å²) in [5.41, 5.74) is 1.13. The first-order chi connectivity index (χ1) is 8.63. The Morgan fingerprint density at radius 3 is 2.89 bits per heavy atom. The van der Waals surface area contributed by atoms with Gasteiger partial charge in [0.1, 0.15) is 0 Å². The van der Waals surface area contributed by atoms with Crippen LogP contribution in [-0.4, -0.2) is 36.5 Å². The van der Waals surface area contributed by atoms with Gasteiger partial charge in [0.05, 0.1) is 0 Å². The van der Waals surface area contributed by atoms with E-state index in [4.69, 9.17) is 0 Å². The molecule has 1 aliphatic heterocycles. The van der Waals surface area contributed by atoms with Gasteiger partial charge in [-0.15, -0.1) is 0 Å². The molecule has 18 heavy (non-hydrogen) atoms. The number of carbonyl (C=O) groups is 2. The Kier molecular flexibility index (Phi) is 6.25. The standard InChI is InChI=1S/C13H23N3O2/c1-3-11(2)10-15-13(18)14-7-5-9-16-8-4-6-12(16)17/h10H,3-9H2,1-2H3,(H2,14,15,18)/b11-10+. The van der Waals surface area contributed by atoms with Crippen LogP contribution in [0.3, 0.4) is 0 Å². The highest BCUT2D eigenvalue weighted by Gasteiger charge is 2.18. The molecule has 0 atom stereocenters. The van der Waals surface area contributed by atoms with E-state index in [1.807, 2.05) is 18.7 Å². The van der Waals surface area contributed by atoms with Crippen LogP contribution in [0, 0.1) is 0 Å². The van der Waals surface area contributed by atoms with Crippen LogP contribution in [0.4, 0.5) is 4.79 Å². The summed E-state index contributed by atoms with van der Waals surface area (Å²) in [5, 5.41) is 5.45. The highest BCUT2D eigenvalue weighted by Crippen LogP contribution is 2.09. The number of nitrogens with zero attached hydrogens (tertiary/aromatic N) is 1. The van der Waals surface area contributed by atoms with E-state index in [1.54, 1.807) is 6.20 Å². The predicted octanol–water partition coefficient (Wildman–Crippen LogP) is 1.61. The fourth-order valence-electron chi connectivity index (χ4n) is 1.75. The Morgan fingerprint density at radius 1 is 1.50 bits per heavy atom. The number of nitrogens with one attached hydrogen (secondary N) is 2. The average Bonchev–Trinajstić information content (AvgIpc) is 2.77. The summed E-state index contributed by atoms with van der Waals surface area (Å²) in [6.07, 6.45) is 5.09. The molecule has 1 fully saturated rings. The minimum atomic E-state index is -0.185. The molecule has 5 nitrogen and oxygen atoms in total. The maximum Gasteiger partial charge on any atom is 0.318 e. The molecule has 5 heteroatoms. The van der Waals surface area contributed by atoms with E-state index in [0.29, 0.717) is 13.0 Å². The first kappa shape index (κ1) is 14.5. The zero-order valence-corrected chi connectivity index (χ0v) is 11.3. The summed E-state index contributed by atoms with van der Waals surface area (Å²) >= 11 is 0. The van der Waals surface area contributed by atoms with Crippen molar-refractivity contribution >= 4 is 11.9 Å². The van der Waals surface area contributed by atoms with Crippen molar-refractivity contribution in [2.75, 3.05) is 19.6 Å². The highest BCUT2D eigenvalue weighted by molar-refractivity contribution is 5.78. The Bertz CT molecular complexity index is 326. The summed E-state index contributed by atoms with van der Waals surface area (Å²) < 4.78 is 0. The lowest BCUT2D eigenvalue weighted by atomic mass is 10.3. The molecule has 1 saturated heterocycles. The molecule has 0 bridgehead atoms. The topological polar surface area (TPSA) is 61.4 Å². The van der Waals surface area contributed by atoms with Crippen LogP contribution in [0.2, 0.25) is 0 Å². The lowest BCUT2D eigenvalue weighted by Gasteiger charge is -2.15. The molecule has 102 valence electrons. The van der Waals surface area contributed by atoms with E-state index < -0.39 is 0 Å². The fraction of sp³-hybridized carbons (Fsp3) is 0.692. The minimum Gasteiger partial charge on any atom is -0.343 e. The van der Waals surface area contributed by atoms with E-state index >= 15 is 0 Å². The van der Waals surface area contributed by atoms with Gasteiger partial charge in [-0.25, -0.2) is 4.79 Å². The maximum absolute atomic E-state index is 11.4. The van der Waals surface area contributed by atoms with Gasteiger partial charge in [-0.2, -0.15) is 0 Å². The number of urea groups is 1. The molecule has 2 N–H and O–H groups in total. The third-order valence-corrected chi connectivity index (χ3v) is 3.07. The van der Waals surface area contributed by atoms with Crippen molar-refractivity contribution in [2.24, 2.45) is 0 Å². The van der Waals surface area contributed by atoms with Gasteiger partial charge in [0.2, 0.25) is 5.91 Å². The van der Waals surface area contributed by atoms with Gasteiger partial charge >= 0.3 is 6.03 Å². The molecule has 0 aromatic heterocycles. The van der Waals surface area contributed by atoms with E-state index in [9.17, 15) is 9.59 Å². The van der Waals surface area contributed by atoms with Gasteiger partial charge in [-0.3, -0.25) is 4.79 Å². The van der Waals surface area contributed by atoms with Crippen LogP contribution in [-0.2, 0) is 4.79 Å². The monoisotopic (exact) mass is 253 g/mol. The number of hydrogen-bond donors (Lipinski definition) is 2. The molecule has 1 aliphatic rings. The molecular weight excluding hydrogens is 230 g/mol. The van der Waals surface area contributed by atoms with Gasteiger partial charge in [0.15, 0.2) is 0 Å². The number of allylic oxidation sites excluding steroid dienone is 1. The quantitative estimate of drug-likeness (QED) is 0.706. The molecule has 1 rings (SSSR count). The largest absolute Gasteiger partial charge is 0.343 e. The van der Waals surface area contributed by atoms with Crippen LogP contribution in [0.5, 0.6) is 0 Å². The fourth-order valence-corrected chi connectivity index (χ4v) is 1.75. The summed E-state index contributed by atoms with van der Waals surface area (Å²) in [4.78, 5) is 24.6. The Hall–Kier alpha value is -1.52. The summed E-state index contributed by atoms with van der Waals surface area (Å²) in [5.74, 6) is 0.237. The molecule has 0 unspecified atom stereocenters. The van der Waals surface area contributed by atoms with Gasteiger partial charge in [0.25, 0.3) is 0 Å². The lowest BCUT2D eigenvalue weighted by Crippen LogP contribution is -2.35. The zero-order chi connectivity index (χ0) is 13.4. The highest BCUT2D eigenvalue weighted by atomic mass is 16.2. The van der Waals surface area contributed by atoms with Crippen molar-refractivity contribution in [1.29, 1.82) is 0 Å². The number of likely N-dealkylation sites (tertiary alicyclic amines) is 1. The third-order valence-electron chi connectivity index (χ3n) is 3.07. The first-order valence-corrected chi connectivity index (χ1v) is 6.61. The van der Waals surface area contributed by atoms with Crippen LogP contribution in [0.25, 0.3) is 0 Å². The normalized spacial score (nSPS) is 16.0. The van der Waals surface area contributed by atoms with Crippen LogP contribution in [0.15, 0.2) is 11.8 Å². The first-order valence-electron chi connectivity index (χ1n) is 6.61. The van der Waals surface area contributed by atoms with Crippen molar-refractivity contribution in [2.45, 2.75) is 39.5 Å². The maximum atomic E-state index is 11.4. The van der Waals surface area contributed by atoms with Crippen molar-refractivity contribution in [3.05, 3.63) is 11.8 Å². The van der Waals surface area contributed by atoms with E-state index in [0.717, 1.165) is 37.9 Å². The van der Waals surface area contributed by atoms with E-state index in [1.165, 1.54) is 0 Å². The number of rotatable bonds is 6. The van der Waals surface area contributed by atoms with Crippen molar-refractivity contribution < 1.29 is 9.59 Å². The third kappa shape index (κ3) is 5.21. The van der Waals surface area contributed by atoms with E-state index in [-0.39, 0.29) is 11.9 Å². The molecule has 0 aromatic carbocycles. The Balaban J connectivity index is 2.07. The van der Waals surface area contributed by atoms with E-state index in [2.05, 4.69) is 10.6 Å². The van der Waals surface area contributed by atoms with Crippen molar-refractivity contribution in [3.8, 4) is 0 Å². The second-order valence-electron chi connectivity index (χ2n) is 4.58. The molecule has 3 amide bonds. The van der Waals surface area contributed by atoms with Crippen molar-refractivity contribution in [1.82, 2.24) is 15.5 Å². The summed E-state index contributed by atoms with van der Waals surface area (Å²) in [7, 11) is 0. The van der Waals surface area contributed by atoms with Crippen molar-refractivity contribution in [3.63, 3.8) is 0 Å². The molecule has 0 saturated carbocycles. The van der Waals surface area contributed by atoms with Crippen LogP contribution >= 0.6 is 0 Å². The molecular formula is C13H23N3O2. The average molecular weight is 253 g/mol. The SMILES string of the molecule is CC/C(C)=C/NC(=O)NCCCN1CCCC1=O. The second kappa shape index (κ2) is 7.74. The summed E-state index contributed by atoms with van der Waals surface area (Å²) in [6.45, 7) is 6.21. The molecule has 1 heterocycles. The Morgan fingerprint density at radius 2 is 2.28 bits per heavy atom. The van der Waals surface area contributed by atoms with Gasteiger partial charge in [-0.05, 0) is 26.2 Å². The Labute approximate surface area is 109 Å². The van der Waals surface area contributed by atoms with Gasteiger partial charge < -0.3 is 15.5 Å². The van der Waals surface area contributed by atoms with Crippen LogP contribution in [0.1, 0.15) is 39.5 Å². The second-order valence-corrected chi connectivity index (χ2v) is 4.58. The van der Waals surface area contributed by atoms with Crippen LogP contribution < -0.4 is 10.6 Å².